The number of carbonyl (C=O) groups excluding carboxylic acids is 1. The van der Waals surface area contributed by atoms with Gasteiger partial charge in [-0.25, -0.2) is 0 Å². The first-order valence-electron chi connectivity index (χ1n) is 5.68. The molecular formula is C14H16N2OS. The Balaban J connectivity index is 1.90. The molecule has 3 nitrogen and oxygen atoms in total. The van der Waals surface area contributed by atoms with Crippen molar-refractivity contribution >= 4 is 22.5 Å². The fourth-order valence-electron chi connectivity index (χ4n) is 1.51. The minimum Gasteiger partial charge on any atom is -0.326 e. The van der Waals surface area contributed by atoms with E-state index in [1.54, 1.807) is 6.08 Å². The molecule has 1 aliphatic rings. The fourth-order valence-corrected chi connectivity index (χ4v) is 2.71. The van der Waals surface area contributed by atoms with Gasteiger partial charge < -0.3 is 11.1 Å². The number of nitrogens with two attached hydrogens (primary N) is 1. The van der Waals surface area contributed by atoms with E-state index in [0.717, 1.165) is 11.3 Å². The molecule has 1 aromatic rings. The summed E-state index contributed by atoms with van der Waals surface area (Å²) < 4.78 is 0. The Bertz CT molecular complexity index is 491. The summed E-state index contributed by atoms with van der Waals surface area (Å²) in [5, 5.41) is 8.93. The second kappa shape index (κ2) is 6.23. The molecule has 0 saturated heterocycles. The first kappa shape index (κ1) is 12.7. The maximum atomic E-state index is 11.7. The van der Waals surface area contributed by atoms with E-state index in [9.17, 15) is 4.79 Å². The van der Waals surface area contributed by atoms with Crippen LogP contribution in [0.25, 0.3) is 0 Å². The number of hydrogen-bond acceptors (Lipinski definition) is 2. The van der Waals surface area contributed by atoms with Gasteiger partial charge in [-0.3, -0.25) is 4.79 Å². The van der Waals surface area contributed by atoms with Crippen molar-refractivity contribution in [3.05, 3.63) is 64.3 Å². The number of allylic oxidation sites excluding steroid dienone is 2. The third-order valence-corrected chi connectivity index (χ3v) is 4.01. The van der Waals surface area contributed by atoms with Gasteiger partial charge in [0.15, 0.2) is 0 Å². The van der Waals surface area contributed by atoms with Crippen molar-refractivity contribution in [3.8, 4) is 0 Å². The molecule has 1 aromatic carbocycles. The molecule has 0 unspecified atom stereocenters. The molecule has 0 saturated carbocycles. The molecule has 1 heterocycles. The predicted octanol–water partition coefficient (Wildman–Crippen LogP) is 2.64. The lowest BCUT2D eigenvalue weighted by Gasteiger charge is -2.04. The van der Waals surface area contributed by atoms with Gasteiger partial charge in [0.2, 0.25) is 5.91 Å². The van der Waals surface area contributed by atoms with Gasteiger partial charge in [0.25, 0.3) is 0 Å². The Morgan fingerprint density at radius 1 is 1.22 bits per heavy atom. The van der Waals surface area contributed by atoms with E-state index in [1.165, 1.54) is 0 Å². The molecular weight excluding hydrogens is 244 g/mol. The maximum absolute atomic E-state index is 11.7. The second-order valence-corrected chi connectivity index (χ2v) is 5.63. The molecule has 0 aromatic heterocycles. The number of amides is 1. The van der Waals surface area contributed by atoms with E-state index in [-0.39, 0.29) is 16.8 Å². The summed E-state index contributed by atoms with van der Waals surface area (Å²) in [4.78, 5) is 11.7. The van der Waals surface area contributed by atoms with Crippen molar-refractivity contribution in [1.82, 2.24) is 0 Å². The highest BCUT2D eigenvalue weighted by molar-refractivity contribution is 8.24. The van der Waals surface area contributed by atoms with Crippen LogP contribution in [-0.4, -0.2) is 5.91 Å². The van der Waals surface area contributed by atoms with Crippen molar-refractivity contribution in [2.45, 2.75) is 6.54 Å². The van der Waals surface area contributed by atoms with E-state index in [0.29, 0.717) is 6.54 Å². The first-order chi connectivity index (χ1) is 8.78. The quantitative estimate of drug-likeness (QED) is 0.576. The van der Waals surface area contributed by atoms with Crippen LogP contribution in [0.2, 0.25) is 0 Å². The monoisotopic (exact) mass is 260 g/mol. The predicted molar refractivity (Wildman–Crippen MR) is 79.4 cm³/mol. The van der Waals surface area contributed by atoms with E-state index < -0.39 is 0 Å². The standard InChI is InChI=1S/C14H16N2OS/c15-11-12-3-5-13(6-4-12)16-14(17)7-10-18-8-1-2-9-18/h1-10,18H,11,15H2,(H,16,17). The van der Waals surface area contributed by atoms with Crippen LogP contribution in [0.1, 0.15) is 5.56 Å². The third-order valence-electron chi connectivity index (χ3n) is 2.48. The van der Waals surface area contributed by atoms with Gasteiger partial charge in [-0.1, -0.05) is 24.3 Å². The molecule has 94 valence electrons. The molecule has 0 bridgehead atoms. The average molecular weight is 260 g/mol. The molecule has 1 aliphatic heterocycles. The Morgan fingerprint density at radius 3 is 2.50 bits per heavy atom. The lowest BCUT2D eigenvalue weighted by molar-refractivity contribution is -0.111. The van der Waals surface area contributed by atoms with Gasteiger partial charge in [0, 0.05) is 18.3 Å². The molecule has 0 atom stereocenters. The van der Waals surface area contributed by atoms with Crippen molar-refractivity contribution in [2.75, 3.05) is 5.32 Å². The van der Waals surface area contributed by atoms with E-state index in [2.05, 4.69) is 16.1 Å². The number of nitrogens with one attached hydrogen (secondary N) is 1. The second-order valence-electron chi connectivity index (χ2n) is 3.84. The molecule has 0 fully saturated rings. The van der Waals surface area contributed by atoms with E-state index >= 15 is 0 Å². The highest BCUT2D eigenvalue weighted by atomic mass is 32.2. The number of hydrogen-bond donors (Lipinski definition) is 3. The summed E-state index contributed by atoms with van der Waals surface area (Å²) >= 11 is 0. The fraction of sp³-hybridized carbons (Fsp3) is 0.0714. The smallest absolute Gasteiger partial charge is 0.248 e. The van der Waals surface area contributed by atoms with Crippen LogP contribution in [0.4, 0.5) is 5.69 Å². The average Bonchev–Trinajstić information content (AvgIpc) is 2.90. The molecule has 0 aliphatic carbocycles. The molecule has 1 amide bonds. The van der Waals surface area contributed by atoms with Crippen LogP contribution in [0.5, 0.6) is 0 Å². The normalized spacial score (nSPS) is 15.5. The van der Waals surface area contributed by atoms with Crippen molar-refractivity contribution < 1.29 is 4.79 Å². The van der Waals surface area contributed by atoms with Gasteiger partial charge in [0.05, 0.1) is 0 Å². The van der Waals surface area contributed by atoms with Crippen molar-refractivity contribution in [3.63, 3.8) is 0 Å². The highest BCUT2D eigenvalue weighted by Crippen LogP contribution is 2.33. The largest absolute Gasteiger partial charge is 0.326 e. The molecule has 18 heavy (non-hydrogen) atoms. The third kappa shape index (κ3) is 3.61. The molecule has 4 heteroatoms. The molecule has 0 radical (unpaired) electrons. The number of benzene rings is 1. The highest BCUT2D eigenvalue weighted by Gasteiger charge is 1.99. The number of rotatable bonds is 4. The minimum atomic E-state index is -0.379. The van der Waals surface area contributed by atoms with Crippen LogP contribution in [0, 0.1) is 0 Å². The summed E-state index contributed by atoms with van der Waals surface area (Å²) in [5.41, 5.74) is 7.34. The minimum absolute atomic E-state index is 0.105. The summed E-state index contributed by atoms with van der Waals surface area (Å²) in [6, 6.07) is 7.53. The summed E-state index contributed by atoms with van der Waals surface area (Å²) in [7, 11) is -0.379. The molecule has 0 spiro atoms. The Labute approximate surface area is 109 Å². The summed E-state index contributed by atoms with van der Waals surface area (Å²) in [6.07, 6.45) is 5.58. The zero-order valence-electron chi connectivity index (χ0n) is 9.91. The van der Waals surface area contributed by atoms with Crippen LogP contribution in [-0.2, 0) is 11.3 Å². The van der Waals surface area contributed by atoms with E-state index in [4.69, 9.17) is 5.73 Å². The van der Waals surface area contributed by atoms with E-state index in [1.807, 2.05) is 41.8 Å². The molecule has 2 rings (SSSR count). The van der Waals surface area contributed by atoms with Crippen LogP contribution < -0.4 is 11.1 Å². The van der Waals surface area contributed by atoms with Crippen molar-refractivity contribution in [2.24, 2.45) is 5.73 Å². The van der Waals surface area contributed by atoms with Gasteiger partial charge in [-0.2, -0.15) is 10.9 Å². The summed E-state index contributed by atoms with van der Waals surface area (Å²) in [6.45, 7) is 0.511. The number of anilines is 1. The first-order valence-corrected chi connectivity index (χ1v) is 7.23. The van der Waals surface area contributed by atoms with Gasteiger partial charge in [0.1, 0.15) is 0 Å². The Kier molecular flexibility index (Phi) is 4.39. The SMILES string of the molecule is NCc1ccc(NC(=O)C=C[SH]2C=CC=C2)cc1. The lowest BCUT2D eigenvalue weighted by Crippen LogP contribution is -2.07. The van der Waals surface area contributed by atoms with Gasteiger partial charge in [-0.05, 0) is 33.9 Å². The Morgan fingerprint density at radius 2 is 1.89 bits per heavy atom. The van der Waals surface area contributed by atoms with Crippen LogP contribution in [0.15, 0.2) is 58.7 Å². The number of thiol groups is 1. The van der Waals surface area contributed by atoms with Crippen LogP contribution >= 0.6 is 10.9 Å². The summed E-state index contributed by atoms with van der Waals surface area (Å²) in [5.74, 6) is -0.105. The zero-order valence-corrected chi connectivity index (χ0v) is 10.8. The van der Waals surface area contributed by atoms with Crippen LogP contribution in [0.3, 0.4) is 0 Å². The van der Waals surface area contributed by atoms with Crippen molar-refractivity contribution in [1.29, 1.82) is 0 Å². The zero-order chi connectivity index (χ0) is 12.8. The topological polar surface area (TPSA) is 55.1 Å². The Hall–Kier alpha value is -1.78. The van der Waals surface area contributed by atoms with Gasteiger partial charge >= 0.3 is 0 Å². The lowest BCUT2D eigenvalue weighted by atomic mass is 10.2. The molecule has 3 N–H and O–H groups in total. The number of carbonyl (C=O) groups is 1. The maximum Gasteiger partial charge on any atom is 0.248 e. The van der Waals surface area contributed by atoms with Gasteiger partial charge in [-0.15, -0.1) is 0 Å².